The van der Waals surface area contributed by atoms with E-state index in [9.17, 15) is 0 Å². The van der Waals surface area contributed by atoms with E-state index in [1.54, 1.807) is 0 Å². The van der Waals surface area contributed by atoms with Gasteiger partial charge in [-0.25, -0.2) is 4.98 Å². The van der Waals surface area contributed by atoms with Crippen LogP contribution in [-0.2, 0) is 0 Å². The largest absolute Gasteiger partial charge is 0.454 e. The van der Waals surface area contributed by atoms with E-state index in [0.29, 0.717) is 12.0 Å². The summed E-state index contributed by atoms with van der Waals surface area (Å²) in [5.41, 5.74) is 1.76. The molecule has 2 N–H and O–H groups in total. The Labute approximate surface area is 123 Å². The van der Waals surface area contributed by atoms with E-state index < -0.39 is 0 Å². The standard InChI is InChI=1S/C15H18N4O2/c1-9(2)16-14-6-10(3)17-15(19-14)18-11-4-5-12-13(7-11)21-8-20-12/h4-7,9H,8H2,1-3H3,(H2,16,17,18,19). The van der Waals surface area contributed by atoms with Gasteiger partial charge in [-0.3, -0.25) is 0 Å². The summed E-state index contributed by atoms with van der Waals surface area (Å²) in [6.45, 7) is 6.35. The molecule has 1 aliphatic heterocycles. The third kappa shape index (κ3) is 3.16. The topological polar surface area (TPSA) is 68.3 Å². The van der Waals surface area contributed by atoms with Gasteiger partial charge in [-0.1, -0.05) is 0 Å². The minimum absolute atomic E-state index is 0.266. The lowest BCUT2D eigenvalue weighted by atomic mass is 10.3. The Hall–Kier alpha value is -2.50. The second kappa shape index (κ2) is 5.47. The first-order valence-corrected chi connectivity index (χ1v) is 6.89. The molecular formula is C15H18N4O2. The molecule has 3 rings (SSSR count). The molecule has 2 aromatic rings. The van der Waals surface area contributed by atoms with Gasteiger partial charge in [-0.15, -0.1) is 0 Å². The first kappa shape index (κ1) is 13.5. The number of benzene rings is 1. The van der Waals surface area contributed by atoms with E-state index >= 15 is 0 Å². The highest BCUT2D eigenvalue weighted by molar-refractivity contribution is 5.61. The van der Waals surface area contributed by atoms with Gasteiger partial charge in [0, 0.05) is 29.6 Å². The molecule has 0 amide bonds. The zero-order valence-corrected chi connectivity index (χ0v) is 12.3. The van der Waals surface area contributed by atoms with E-state index in [1.165, 1.54) is 0 Å². The van der Waals surface area contributed by atoms with Crippen molar-refractivity contribution >= 4 is 17.5 Å². The monoisotopic (exact) mass is 286 g/mol. The van der Waals surface area contributed by atoms with Crippen molar-refractivity contribution in [2.75, 3.05) is 17.4 Å². The second-order valence-corrected chi connectivity index (χ2v) is 5.21. The van der Waals surface area contributed by atoms with E-state index in [1.807, 2.05) is 31.2 Å². The Morgan fingerprint density at radius 3 is 2.71 bits per heavy atom. The molecule has 0 aliphatic carbocycles. The third-order valence-electron chi connectivity index (χ3n) is 2.92. The summed E-state index contributed by atoms with van der Waals surface area (Å²) in [7, 11) is 0. The highest BCUT2D eigenvalue weighted by Gasteiger charge is 2.13. The van der Waals surface area contributed by atoms with Gasteiger partial charge < -0.3 is 20.1 Å². The van der Waals surface area contributed by atoms with Crippen LogP contribution in [0.5, 0.6) is 11.5 Å². The van der Waals surface area contributed by atoms with E-state index in [4.69, 9.17) is 9.47 Å². The Morgan fingerprint density at radius 1 is 1.10 bits per heavy atom. The fourth-order valence-electron chi connectivity index (χ4n) is 2.10. The average Bonchev–Trinajstić information content (AvgIpc) is 2.84. The zero-order chi connectivity index (χ0) is 14.8. The molecule has 1 aliphatic rings. The van der Waals surface area contributed by atoms with E-state index in [-0.39, 0.29) is 6.79 Å². The van der Waals surface area contributed by atoms with Crippen LogP contribution < -0.4 is 20.1 Å². The zero-order valence-electron chi connectivity index (χ0n) is 12.3. The smallest absolute Gasteiger partial charge is 0.231 e. The van der Waals surface area contributed by atoms with E-state index in [2.05, 4.69) is 34.4 Å². The Balaban J connectivity index is 1.82. The van der Waals surface area contributed by atoms with Crippen LogP contribution in [-0.4, -0.2) is 22.8 Å². The van der Waals surface area contributed by atoms with Gasteiger partial charge in [-0.05, 0) is 32.9 Å². The van der Waals surface area contributed by atoms with Gasteiger partial charge in [0.1, 0.15) is 5.82 Å². The summed E-state index contributed by atoms with van der Waals surface area (Å²) in [5, 5.41) is 6.47. The molecule has 0 spiro atoms. The number of aryl methyl sites for hydroxylation is 1. The minimum atomic E-state index is 0.266. The van der Waals surface area contributed by atoms with Crippen LogP contribution in [0, 0.1) is 6.92 Å². The van der Waals surface area contributed by atoms with Crippen molar-refractivity contribution in [2.45, 2.75) is 26.8 Å². The van der Waals surface area contributed by atoms with Crippen molar-refractivity contribution in [3.63, 3.8) is 0 Å². The van der Waals surface area contributed by atoms with Crippen LogP contribution in [0.3, 0.4) is 0 Å². The number of hydrogen-bond donors (Lipinski definition) is 2. The van der Waals surface area contributed by atoms with Gasteiger partial charge in [-0.2, -0.15) is 4.98 Å². The third-order valence-corrected chi connectivity index (χ3v) is 2.92. The highest BCUT2D eigenvalue weighted by atomic mass is 16.7. The number of nitrogens with zero attached hydrogens (tertiary/aromatic N) is 2. The van der Waals surface area contributed by atoms with Crippen LogP contribution in [0.1, 0.15) is 19.5 Å². The lowest BCUT2D eigenvalue weighted by Crippen LogP contribution is -2.12. The molecule has 6 nitrogen and oxygen atoms in total. The van der Waals surface area contributed by atoms with Crippen molar-refractivity contribution in [3.05, 3.63) is 30.0 Å². The maximum atomic E-state index is 5.36. The molecular weight excluding hydrogens is 268 g/mol. The molecule has 0 bridgehead atoms. The molecule has 0 fully saturated rings. The van der Waals surface area contributed by atoms with Gasteiger partial charge >= 0.3 is 0 Å². The fraction of sp³-hybridized carbons (Fsp3) is 0.333. The Bertz CT molecular complexity index is 658. The number of hydrogen-bond acceptors (Lipinski definition) is 6. The SMILES string of the molecule is Cc1cc(NC(C)C)nc(Nc2ccc3c(c2)OCO3)n1. The maximum Gasteiger partial charge on any atom is 0.231 e. The van der Waals surface area contributed by atoms with Crippen molar-refractivity contribution < 1.29 is 9.47 Å². The Kier molecular flexibility index (Phi) is 3.51. The van der Waals surface area contributed by atoms with Gasteiger partial charge in [0.2, 0.25) is 12.7 Å². The number of ether oxygens (including phenoxy) is 2. The quantitative estimate of drug-likeness (QED) is 0.900. The molecule has 110 valence electrons. The van der Waals surface area contributed by atoms with Crippen molar-refractivity contribution in [2.24, 2.45) is 0 Å². The van der Waals surface area contributed by atoms with Crippen molar-refractivity contribution in [3.8, 4) is 11.5 Å². The first-order chi connectivity index (χ1) is 10.1. The predicted octanol–water partition coefficient (Wildman–Crippen LogP) is 3.08. The van der Waals surface area contributed by atoms with Crippen LogP contribution in [0.2, 0.25) is 0 Å². The number of nitrogens with one attached hydrogen (secondary N) is 2. The number of rotatable bonds is 4. The molecule has 0 unspecified atom stereocenters. The first-order valence-electron chi connectivity index (χ1n) is 6.89. The van der Waals surface area contributed by atoms with Crippen LogP contribution >= 0.6 is 0 Å². The van der Waals surface area contributed by atoms with Crippen LogP contribution in [0.25, 0.3) is 0 Å². The Morgan fingerprint density at radius 2 is 1.90 bits per heavy atom. The summed E-state index contributed by atoms with van der Waals surface area (Å²) in [4.78, 5) is 8.85. The number of aromatic nitrogens is 2. The van der Waals surface area contributed by atoms with E-state index in [0.717, 1.165) is 28.7 Å². The van der Waals surface area contributed by atoms with Crippen LogP contribution in [0.15, 0.2) is 24.3 Å². The second-order valence-electron chi connectivity index (χ2n) is 5.21. The predicted molar refractivity (Wildman–Crippen MR) is 81.4 cm³/mol. The molecule has 0 saturated carbocycles. The molecule has 21 heavy (non-hydrogen) atoms. The molecule has 0 atom stereocenters. The number of fused-ring (bicyclic) bond motifs is 1. The lowest BCUT2D eigenvalue weighted by molar-refractivity contribution is 0.174. The normalized spacial score (nSPS) is 12.6. The molecule has 2 heterocycles. The molecule has 1 aromatic carbocycles. The number of anilines is 3. The highest BCUT2D eigenvalue weighted by Crippen LogP contribution is 2.34. The van der Waals surface area contributed by atoms with Gasteiger partial charge in [0.05, 0.1) is 0 Å². The van der Waals surface area contributed by atoms with Gasteiger partial charge in [0.25, 0.3) is 0 Å². The molecule has 1 aromatic heterocycles. The summed E-state index contributed by atoms with van der Waals surface area (Å²) >= 11 is 0. The summed E-state index contributed by atoms with van der Waals surface area (Å²) in [6.07, 6.45) is 0. The van der Waals surface area contributed by atoms with Crippen molar-refractivity contribution in [1.29, 1.82) is 0 Å². The lowest BCUT2D eigenvalue weighted by Gasteiger charge is -2.12. The summed E-state index contributed by atoms with van der Waals surface area (Å²) in [5.74, 6) is 2.85. The van der Waals surface area contributed by atoms with Crippen LogP contribution in [0.4, 0.5) is 17.5 Å². The maximum absolute atomic E-state index is 5.36. The van der Waals surface area contributed by atoms with Gasteiger partial charge in [0.15, 0.2) is 11.5 Å². The molecule has 6 heteroatoms. The molecule has 0 saturated heterocycles. The summed E-state index contributed by atoms with van der Waals surface area (Å²) < 4.78 is 10.7. The fourth-order valence-corrected chi connectivity index (χ4v) is 2.10. The minimum Gasteiger partial charge on any atom is -0.454 e. The average molecular weight is 286 g/mol. The van der Waals surface area contributed by atoms with Crippen molar-refractivity contribution in [1.82, 2.24) is 9.97 Å². The summed E-state index contributed by atoms with van der Waals surface area (Å²) in [6, 6.07) is 7.90. The molecule has 0 radical (unpaired) electrons.